The first-order valence-electron chi connectivity index (χ1n) is 9.19. The van der Waals surface area contributed by atoms with Gasteiger partial charge in [0.2, 0.25) is 0 Å². The molecule has 0 spiro atoms. The molecule has 0 radical (unpaired) electrons. The number of nitrogens with zero attached hydrogens (tertiary/aromatic N) is 4. The van der Waals surface area contributed by atoms with Crippen molar-refractivity contribution in [2.24, 2.45) is 5.10 Å². The first-order chi connectivity index (χ1) is 14.1. The summed E-state index contributed by atoms with van der Waals surface area (Å²) in [7, 11) is 0. The van der Waals surface area contributed by atoms with E-state index in [4.69, 9.17) is 0 Å². The van der Waals surface area contributed by atoms with Gasteiger partial charge >= 0.3 is 0 Å². The number of carbonyl (C=O) groups is 1. The molecule has 0 aliphatic heterocycles. The molecular formula is C22H20N6O. The fourth-order valence-corrected chi connectivity index (χ4v) is 3.07. The molecule has 0 aliphatic rings. The van der Waals surface area contributed by atoms with Crippen LogP contribution in [0.3, 0.4) is 0 Å². The number of H-pyrrole nitrogens is 1. The number of carbonyl (C=O) groups excluding carboxylic acids is 1. The Morgan fingerprint density at radius 1 is 1.07 bits per heavy atom. The number of aryl methyl sites for hydroxylation is 1. The molecule has 0 bridgehead atoms. The normalized spacial score (nSPS) is 11.1. The van der Waals surface area contributed by atoms with Gasteiger partial charge in [0.15, 0.2) is 0 Å². The number of nitrogens with one attached hydrogen (secondary N) is 2. The lowest BCUT2D eigenvalue weighted by Gasteiger charge is -2.03. The quantitative estimate of drug-likeness (QED) is 0.407. The third-order valence-electron chi connectivity index (χ3n) is 4.60. The van der Waals surface area contributed by atoms with Crippen LogP contribution in [0, 0.1) is 13.8 Å². The third kappa shape index (κ3) is 3.84. The van der Waals surface area contributed by atoms with Crippen molar-refractivity contribution in [1.82, 2.24) is 25.4 Å². The predicted octanol–water partition coefficient (Wildman–Crippen LogP) is 3.64. The Bertz CT molecular complexity index is 1160. The Morgan fingerprint density at radius 2 is 1.76 bits per heavy atom. The van der Waals surface area contributed by atoms with E-state index < -0.39 is 0 Å². The summed E-state index contributed by atoms with van der Waals surface area (Å²) in [5, 5.41) is 15.6. The third-order valence-corrected chi connectivity index (χ3v) is 4.60. The van der Waals surface area contributed by atoms with Gasteiger partial charge < -0.3 is 0 Å². The molecule has 0 fully saturated rings. The van der Waals surface area contributed by atoms with Crippen LogP contribution >= 0.6 is 0 Å². The SMILES string of the molecule is Cc1nn(-c2ccccc2)c(C)c1/C=N\NC(=O)c1cc(-c2ccccc2)n[nH]1. The number of hydrogen-bond donors (Lipinski definition) is 2. The topological polar surface area (TPSA) is 88.0 Å². The van der Waals surface area contributed by atoms with E-state index in [0.717, 1.165) is 28.2 Å². The average Bonchev–Trinajstić information content (AvgIpc) is 3.36. The van der Waals surface area contributed by atoms with Crippen molar-refractivity contribution in [3.05, 3.63) is 89.4 Å². The molecule has 2 heterocycles. The predicted molar refractivity (Wildman–Crippen MR) is 112 cm³/mol. The zero-order valence-electron chi connectivity index (χ0n) is 16.1. The Morgan fingerprint density at radius 3 is 2.48 bits per heavy atom. The molecular weight excluding hydrogens is 364 g/mol. The van der Waals surface area contributed by atoms with Gasteiger partial charge in [0.1, 0.15) is 5.69 Å². The number of hydrazone groups is 1. The molecule has 7 heteroatoms. The van der Waals surface area contributed by atoms with Gasteiger partial charge in [0.05, 0.1) is 29.0 Å². The fourth-order valence-electron chi connectivity index (χ4n) is 3.07. The van der Waals surface area contributed by atoms with Crippen LogP contribution in [0.5, 0.6) is 0 Å². The van der Waals surface area contributed by atoms with Gasteiger partial charge in [-0.3, -0.25) is 9.89 Å². The molecule has 1 amide bonds. The van der Waals surface area contributed by atoms with Crippen molar-refractivity contribution in [3.8, 4) is 16.9 Å². The van der Waals surface area contributed by atoms with Crippen molar-refractivity contribution in [1.29, 1.82) is 0 Å². The summed E-state index contributed by atoms with van der Waals surface area (Å²) in [4.78, 5) is 12.4. The zero-order chi connectivity index (χ0) is 20.2. The number of benzene rings is 2. The van der Waals surface area contributed by atoms with Crippen LogP contribution in [-0.4, -0.2) is 32.1 Å². The second kappa shape index (κ2) is 7.93. The summed E-state index contributed by atoms with van der Waals surface area (Å²) in [6.07, 6.45) is 1.61. The first-order valence-corrected chi connectivity index (χ1v) is 9.19. The van der Waals surface area contributed by atoms with Gasteiger partial charge in [-0.15, -0.1) is 0 Å². The van der Waals surface area contributed by atoms with E-state index in [9.17, 15) is 4.79 Å². The second-order valence-corrected chi connectivity index (χ2v) is 6.56. The Kier molecular flexibility index (Phi) is 5.03. The Hall–Kier alpha value is -4.00. The molecule has 144 valence electrons. The van der Waals surface area contributed by atoms with Crippen LogP contribution in [0.2, 0.25) is 0 Å². The van der Waals surface area contributed by atoms with E-state index in [1.54, 1.807) is 12.3 Å². The highest BCUT2D eigenvalue weighted by atomic mass is 16.2. The maximum atomic E-state index is 12.4. The molecule has 0 saturated carbocycles. The number of aromatic amines is 1. The highest BCUT2D eigenvalue weighted by molar-refractivity contribution is 5.94. The molecule has 7 nitrogen and oxygen atoms in total. The Balaban J connectivity index is 1.48. The van der Waals surface area contributed by atoms with Crippen molar-refractivity contribution in [2.45, 2.75) is 13.8 Å². The van der Waals surface area contributed by atoms with Gasteiger partial charge in [-0.2, -0.15) is 15.3 Å². The van der Waals surface area contributed by atoms with E-state index in [-0.39, 0.29) is 5.91 Å². The van der Waals surface area contributed by atoms with E-state index >= 15 is 0 Å². The first kappa shape index (κ1) is 18.4. The monoisotopic (exact) mass is 384 g/mol. The van der Waals surface area contributed by atoms with Crippen molar-refractivity contribution in [2.75, 3.05) is 0 Å². The maximum Gasteiger partial charge on any atom is 0.289 e. The van der Waals surface area contributed by atoms with Crippen molar-refractivity contribution >= 4 is 12.1 Å². The van der Waals surface area contributed by atoms with Crippen LogP contribution in [-0.2, 0) is 0 Å². The van der Waals surface area contributed by atoms with Crippen LogP contribution < -0.4 is 5.43 Å². The largest absolute Gasteiger partial charge is 0.289 e. The standard InChI is InChI=1S/C22H20N6O/c1-15-19(16(2)28(27-15)18-11-7-4-8-12-18)14-23-26-22(29)21-13-20(24-25-21)17-9-5-3-6-10-17/h3-14H,1-2H3,(H,24,25)(H,26,29)/b23-14-. The highest BCUT2D eigenvalue weighted by Crippen LogP contribution is 2.17. The number of hydrogen-bond acceptors (Lipinski definition) is 4. The van der Waals surface area contributed by atoms with Gasteiger partial charge in [0.25, 0.3) is 5.91 Å². The lowest BCUT2D eigenvalue weighted by molar-refractivity contribution is 0.0950. The fraction of sp³-hybridized carbons (Fsp3) is 0.0909. The van der Waals surface area contributed by atoms with E-state index in [1.807, 2.05) is 79.2 Å². The summed E-state index contributed by atoms with van der Waals surface area (Å²) in [5.41, 5.74) is 8.13. The van der Waals surface area contributed by atoms with Gasteiger partial charge in [0, 0.05) is 11.1 Å². The summed E-state index contributed by atoms with van der Waals surface area (Å²) >= 11 is 0. The molecule has 0 saturated heterocycles. The minimum atomic E-state index is -0.360. The van der Waals surface area contributed by atoms with E-state index in [2.05, 4.69) is 25.8 Å². The summed E-state index contributed by atoms with van der Waals surface area (Å²) < 4.78 is 1.86. The molecule has 4 aromatic rings. The van der Waals surface area contributed by atoms with Crippen molar-refractivity contribution in [3.63, 3.8) is 0 Å². The average molecular weight is 384 g/mol. The Labute approximate surface area is 168 Å². The lowest BCUT2D eigenvalue weighted by Crippen LogP contribution is -2.18. The van der Waals surface area contributed by atoms with Gasteiger partial charge in [-0.25, -0.2) is 10.1 Å². The molecule has 2 N–H and O–H groups in total. The second-order valence-electron chi connectivity index (χ2n) is 6.56. The zero-order valence-corrected chi connectivity index (χ0v) is 16.1. The minimum absolute atomic E-state index is 0.342. The summed E-state index contributed by atoms with van der Waals surface area (Å²) in [5.74, 6) is -0.360. The van der Waals surface area contributed by atoms with Crippen LogP contribution in [0.4, 0.5) is 0 Å². The van der Waals surface area contributed by atoms with Gasteiger partial charge in [-0.05, 0) is 32.0 Å². The summed E-state index contributed by atoms with van der Waals surface area (Å²) in [6.45, 7) is 3.88. The number of amides is 1. The molecule has 29 heavy (non-hydrogen) atoms. The van der Waals surface area contributed by atoms with E-state index in [1.165, 1.54) is 0 Å². The molecule has 2 aromatic carbocycles. The number of para-hydroxylation sites is 1. The smallest absolute Gasteiger partial charge is 0.272 e. The van der Waals surface area contributed by atoms with Crippen molar-refractivity contribution < 1.29 is 4.79 Å². The van der Waals surface area contributed by atoms with Crippen LogP contribution in [0.25, 0.3) is 16.9 Å². The maximum absolute atomic E-state index is 12.4. The lowest BCUT2D eigenvalue weighted by atomic mass is 10.1. The number of rotatable bonds is 5. The molecule has 4 rings (SSSR count). The number of aromatic nitrogens is 4. The highest BCUT2D eigenvalue weighted by Gasteiger charge is 2.12. The molecule has 0 atom stereocenters. The molecule has 0 unspecified atom stereocenters. The van der Waals surface area contributed by atoms with Gasteiger partial charge in [-0.1, -0.05) is 48.5 Å². The molecule has 0 aliphatic carbocycles. The summed E-state index contributed by atoms with van der Waals surface area (Å²) in [6, 6.07) is 21.2. The van der Waals surface area contributed by atoms with E-state index in [0.29, 0.717) is 11.4 Å². The van der Waals surface area contributed by atoms with Crippen LogP contribution in [0.15, 0.2) is 71.8 Å². The van der Waals surface area contributed by atoms with Crippen LogP contribution in [0.1, 0.15) is 27.4 Å². The minimum Gasteiger partial charge on any atom is -0.272 e. The molecule has 2 aromatic heterocycles.